The van der Waals surface area contributed by atoms with Gasteiger partial charge in [-0.1, -0.05) is 12.5 Å². The van der Waals surface area contributed by atoms with E-state index in [9.17, 15) is 9.59 Å². The van der Waals surface area contributed by atoms with Gasteiger partial charge >= 0.3 is 0 Å². The first kappa shape index (κ1) is 25.8. The first-order valence-corrected chi connectivity index (χ1v) is 12.7. The molecule has 8 heteroatoms. The molecule has 1 heterocycles. The number of ether oxygens (including phenoxy) is 3. The molecular weight excluding hydrogens is 458 g/mol. The first-order valence-electron chi connectivity index (χ1n) is 12.7. The summed E-state index contributed by atoms with van der Waals surface area (Å²) in [5.74, 6) is 1.46. The molecule has 1 aliphatic heterocycles. The average molecular weight is 496 g/mol. The van der Waals surface area contributed by atoms with Crippen molar-refractivity contribution in [3.05, 3.63) is 41.0 Å². The van der Waals surface area contributed by atoms with E-state index in [1.54, 1.807) is 21.3 Å². The zero-order valence-corrected chi connectivity index (χ0v) is 21.7. The summed E-state index contributed by atoms with van der Waals surface area (Å²) in [5.41, 5.74) is 4.31. The third kappa shape index (κ3) is 5.43. The molecule has 2 aliphatic rings. The highest BCUT2D eigenvalue weighted by Crippen LogP contribution is 2.50. The molecule has 1 aliphatic carbocycles. The fraction of sp³-hybridized carbons (Fsp3) is 0.500. The minimum atomic E-state index is -0.243. The Morgan fingerprint density at radius 1 is 1.00 bits per heavy atom. The molecule has 194 valence electrons. The van der Waals surface area contributed by atoms with Gasteiger partial charge < -0.3 is 29.7 Å². The van der Waals surface area contributed by atoms with E-state index < -0.39 is 0 Å². The number of likely N-dealkylation sites (tertiary alicyclic amines) is 1. The summed E-state index contributed by atoms with van der Waals surface area (Å²) in [6.45, 7) is 5.18. The molecule has 1 fully saturated rings. The van der Waals surface area contributed by atoms with E-state index in [4.69, 9.17) is 14.2 Å². The highest BCUT2D eigenvalue weighted by Gasteiger charge is 2.30. The highest BCUT2D eigenvalue weighted by molar-refractivity contribution is 5.96. The number of methoxy groups -OCH3 is 3. The van der Waals surface area contributed by atoms with Gasteiger partial charge in [0.05, 0.1) is 27.4 Å². The Balaban J connectivity index is 1.69. The molecule has 2 amide bonds. The van der Waals surface area contributed by atoms with Crippen molar-refractivity contribution < 1.29 is 23.8 Å². The molecule has 1 atom stereocenters. The maximum absolute atomic E-state index is 13.1. The van der Waals surface area contributed by atoms with Crippen molar-refractivity contribution in [3.63, 3.8) is 0 Å². The SMILES string of the molecule is COc1cc2c(c(OC)c1OC)-c1ccc(C(=O)NCCN3CCCCC3)cc1[C@@H](NC(C)=O)CC2. The number of fused-ring (bicyclic) bond motifs is 3. The van der Waals surface area contributed by atoms with E-state index in [0.717, 1.165) is 41.9 Å². The number of nitrogens with one attached hydrogen (secondary N) is 2. The van der Waals surface area contributed by atoms with E-state index in [0.29, 0.717) is 42.2 Å². The monoisotopic (exact) mass is 495 g/mol. The lowest BCUT2D eigenvalue weighted by Gasteiger charge is -2.26. The molecule has 0 unspecified atom stereocenters. The van der Waals surface area contributed by atoms with Crippen LogP contribution in [0.3, 0.4) is 0 Å². The second-order valence-corrected chi connectivity index (χ2v) is 9.43. The second kappa shape index (κ2) is 11.6. The molecule has 0 bridgehead atoms. The number of aryl methyl sites for hydroxylation is 1. The number of rotatable bonds is 8. The maximum Gasteiger partial charge on any atom is 0.251 e. The molecule has 8 nitrogen and oxygen atoms in total. The first-order chi connectivity index (χ1) is 17.5. The van der Waals surface area contributed by atoms with E-state index in [-0.39, 0.29) is 17.9 Å². The molecule has 2 N–H and O–H groups in total. The van der Waals surface area contributed by atoms with Crippen molar-refractivity contribution >= 4 is 11.8 Å². The Morgan fingerprint density at radius 3 is 2.42 bits per heavy atom. The fourth-order valence-electron chi connectivity index (χ4n) is 5.38. The van der Waals surface area contributed by atoms with Crippen LogP contribution in [0.4, 0.5) is 0 Å². The summed E-state index contributed by atoms with van der Waals surface area (Å²) >= 11 is 0. The number of piperidine rings is 1. The Hall–Kier alpha value is -3.26. The van der Waals surface area contributed by atoms with Crippen LogP contribution in [0.15, 0.2) is 24.3 Å². The van der Waals surface area contributed by atoms with E-state index in [1.807, 2.05) is 24.3 Å². The number of hydrogen-bond acceptors (Lipinski definition) is 6. The molecule has 0 aromatic heterocycles. The van der Waals surface area contributed by atoms with Crippen molar-refractivity contribution in [2.75, 3.05) is 47.5 Å². The largest absolute Gasteiger partial charge is 0.493 e. The summed E-state index contributed by atoms with van der Waals surface area (Å²) < 4.78 is 17.0. The molecule has 0 spiro atoms. The smallest absolute Gasteiger partial charge is 0.251 e. The third-order valence-corrected chi connectivity index (χ3v) is 7.11. The van der Waals surface area contributed by atoms with Crippen molar-refractivity contribution in [2.45, 2.75) is 45.1 Å². The number of hydrogen-bond donors (Lipinski definition) is 2. The number of nitrogens with zero attached hydrogens (tertiary/aromatic N) is 1. The van der Waals surface area contributed by atoms with Gasteiger partial charge in [-0.2, -0.15) is 0 Å². The lowest BCUT2D eigenvalue weighted by molar-refractivity contribution is -0.119. The highest BCUT2D eigenvalue weighted by atomic mass is 16.5. The lowest BCUT2D eigenvalue weighted by atomic mass is 9.92. The Morgan fingerprint density at radius 2 is 1.75 bits per heavy atom. The number of benzene rings is 2. The van der Waals surface area contributed by atoms with Gasteiger partial charge in [0.25, 0.3) is 5.91 Å². The molecular formula is C28H37N3O5. The molecule has 0 saturated carbocycles. The summed E-state index contributed by atoms with van der Waals surface area (Å²) in [5, 5.41) is 6.15. The van der Waals surface area contributed by atoms with E-state index in [1.165, 1.54) is 26.2 Å². The summed E-state index contributed by atoms with van der Waals surface area (Å²) in [6.07, 6.45) is 5.12. The molecule has 2 aromatic rings. The van der Waals surface area contributed by atoms with E-state index >= 15 is 0 Å². The van der Waals surface area contributed by atoms with Crippen LogP contribution in [-0.4, -0.2) is 64.2 Å². The minimum absolute atomic E-state index is 0.111. The van der Waals surface area contributed by atoms with Crippen LogP contribution in [0.25, 0.3) is 11.1 Å². The average Bonchev–Trinajstić information content (AvgIpc) is 3.04. The predicted molar refractivity (Wildman–Crippen MR) is 139 cm³/mol. The van der Waals surface area contributed by atoms with Crippen LogP contribution in [0.1, 0.15) is 60.1 Å². The van der Waals surface area contributed by atoms with Crippen molar-refractivity contribution in [1.29, 1.82) is 0 Å². The van der Waals surface area contributed by atoms with E-state index in [2.05, 4.69) is 15.5 Å². The van der Waals surface area contributed by atoms with Crippen LogP contribution >= 0.6 is 0 Å². The Kier molecular flexibility index (Phi) is 8.36. The molecule has 1 saturated heterocycles. The van der Waals surface area contributed by atoms with Crippen LogP contribution in [0.2, 0.25) is 0 Å². The van der Waals surface area contributed by atoms with Gasteiger partial charge in [-0.25, -0.2) is 0 Å². The fourth-order valence-corrected chi connectivity index (χ4v) is 5.38. The van der Waals surface area contributed by atoms with Gasteiger partial charge in [-0.15, -0.1) is 0 Å². The molecule has 2 aromatic carbocycles. The number of amides is 2. The Labute approximate surface area is 213 Å². The van der Waals surface area contributed by atoms with Crippen molar-refractivity contribution in [2.24, 2.45) is 0 Å². The quantitative estimate of drug-likeness (QED) is 0.580. The Bertz CT molecular complexity index is 1110. The van der Waals surface area contributed by atoms with Gasteiger partial charge in [0, 0.05) is 31.1 Å². The predicted octanol–water partition coefficient (Wildman–Crippen LogP) is 3.72. The zero-order valence-electron chi connectivity index (χ0n) is 21.7. The van der Waals surface area contributed by atoms with Crippen LogP contribution in [0, 0.1) is 0 Å². The van der Waals surface area contributed by atoms with Crippen molar-refractivity contribution in [1.82, 2.24) is 15.5 Å². The number of carbonyl (C=O) groups excluding carboxylic acids is 2. The van der Waals surface area contributed by atoms with Crippen molar-refractivity contribution in [3.8, 4) is 28.4 Å². The van der Waals surface area contributed by atoms with Gasteiger partial charge in [-0.05, 0) is 73.7 Å². The normalized spacial score (nSPS) is 17.3. The molecule has 4 rings (SSSR count). The van der Waals surface area contributed by atoms with Crippen LogP contribution in [-0.2, 0) is 11.2 Å². The zero-order chi connectivity index (χ0) is 25.7. The molecule has 0 radical (unpaired) electrons. The standard InChI is InChI=1S/C28H37N3O5/c1-18(32)30-23-11-9-19-17-24(34-2)26(35-3)27(36-4)25(19)21-10-8-20(16-22(21)23)28(33)29-12-15-31-13-6-5-7-14-31/h8,10,16-17,23H,5-7,9,11-15H2,1-4H3,(H,29,33)(H,30,32)/t23-/m0/s1. The maximum atomic E-state index is 13.1. The number of carbonyl (C=O) groups is 2. The van der Waals surface area contributed by atoms with Crippen LogP contribution < -0.4 is 24.8 Å². The summed E-state index contributed by atoms with van der Waals surface area (Å²) in [6, 6.07) is 7.41. The lowest BCUT2D eigenvalue weighted by Crippen LogP contribution is -2.37. The third-order valence-electron chi connectivity index (χ3n) is 7.11. The van der Waals surface area contributed by atoms with Gasteiger partial charge in [0.15, 0.2) is 11.5 Å². The van der Waals surface area contributed by atoms with Gasteiger partial charge in [0.1, 0.15) is 0 Å². The van der Waals surface area contributed by atoms with Gasteiger partial charge in [-0.3, -0.25) is 9.59 Å². The summed E-state index contributed by atoms with van der Waals surface area (Å²) in [4.78, 5) is 27.5. The molecule has 36 heavy (non-hydrogen) atoms. The summed E-state index contributed by atoms with van der Waals surface area (Å²) in [7, 11) is 4.80. The minimum Gasteiger partial charge on any atom is -0.493 e. The second-order valence-electron chi connectivity index (χ2n) is 9.43. The topological polar surface area (TPSA) is 89.1 Å². The van der Waals surface area contributed by atoms with Gasteiger partial charge in [0.2, 0.25) is 11.7 Å². The van der Waals surface area contributed by atoms with Crippen LogP contribution in [0.5, 0.6) is 17.2 Å².